The van der Waals surface area contributed by atoms with E-state index >= 15 is 0 Å². The largest absolute Gasteiger partial charge is 0.329 e. The van der Waals surface area contributed by atoms with Crippen molar-refractivity contribution in [1.82, 2.24) is 0 Å². The molecule has 0 aliphatic carbocycles. The number of benzene rings is 1. The lowest BCUT2D eigenvalue weighted by Crippen LogP contribution is -2.21. The first-order valence-electron chi connectivity index (χ1n) is 5.28. The third-order valence-corrected chi connectivity index (χ3v) is 6.10. The molecule has 1 aromatic heterocycles. The maximum atomic E-state index is 12.5. The van der Waals surface area contributed by atoms with E-state index in [-0.39, 0.29) is 11.4 Å². The molecule has 0 amide bonds. The van der Waals surface area contributed by atoms with Crippen molar-refractivity contribution in [3.8, 4) is 0 Å². The summed E-state index contributed by atoms with van der Waals surface area (Å²) in [6.07, 6.45) is 0. The summed E-state index contributed by atoms with van der Waals surface area (Å²) >= 11 is 7.15. The van der Waals surface area contributed by atoms with E-state index in [1.165, 1.54) is 23.5 Å². The highest BCUT2D eigenvalue weighted by atomic mass is 35.5. The summed E-state index contributed by atoms with van der Waals surface area (Å²) < 4.78 is 24.9. The van der Waals surface area contributed by atoms with E-state index in [1.54, 1.807) is 18.2 Å². The molecule has 1 unspecified atom stereocenters. The van der Waals surface area contributed by atoms with Gasteiger partial charge in [-0.2, -0.15) is 0 Å². The Bertz CT molecular complexity index is 606. The number of sulfone groups is 1. The molecule has 2 aromatic rings. The molecule has 0 aliphatic rings. The van der Waals surface area contributed by atoms with Gasteiger partial charge in [-0.25, -0.2) is 8.42 Å². The van der Waals surface area contributed by atoms with Gasteiger partial charge in [0.2, 0.25) is 0 Å². The Morgan fingerprint density at radius 1 is 1.22 bits per heavy atom. The van der Waals surface area contributed by atoms with Gasteiger partial charge < -0.3 is 5.73 Å². The zero-order valence-electron chi connectivity index (χ0n) is 9.41. The fraction of sp³-hybridized carbons (Fsp3) is 0.167. The van der Waals surface area contributed by atoms with Gasteiger partial charge in [-0.15, -0.1) is 11.3 Å². The molecule has 2 N–H and O–H groups in total. The van der Waals surface area contributed by atoms with Crippen LogP contribution < -0.4 is 5.73 Å². The predicted molar refractivity (Wildman–Crippen MR) is 74.8 cm³/mol. The smallest absolute Gasteiger partial charge is 0.187 e. The maximum absolute atomic E-state index is 12.5. The summed E-state index contributed by atoms with van der Waals surface area (Å²) in [4.78, 5) is 1.00. The molecular weight excluding hydrogens is 290 g/mol. The third kappa shape index (κ3) is 2.59. The Labute approximate surface area is 115 Å². The summed E-state index contributed by atoms with van der Waals surface area (Å²) in [5.41, 5.74) is 5.62. The number of hydrogen-bond donors (Lipinski definition) is 1. The minimum Gasteiger partial charge on any atom is -0.329 e. The Balaban J connectivity index is 2.44. The lowest BCUT2D eigenvalue weighted by molar-refractivity contribution is 0.583. The number of rotatable bonds is 4. The highest BCUT2D eigenvalue weighted by Gasteiger charge is 2.28. The second kappa shape index (κ2) is 5.40. The number of nitrogens with two attached hydrogens (primary N) is 1. The van der Waals surface area contributed by atoms with E-state index < -0.39 is 15.1 Å². The first-order chi connectivity index (χ1) is 8.55. The Hall–Kier alpha value is -0.880. The molecule has 3 nitrogen and oxygen atoms in total. The lowest BCUT2D eigenvalue weighted by Gasteiger charge is -2.14. The SMILES string of the molecule is NCC(c1cccs1)S(=O)(=O)c1ccc(Cl)cc1. The molecule has 0 saturated heterocycles. The van der Waals surface area contributed by atoms with Gasteiger partial charge in [-0.05, 0) is 35.7 Å². The van der Waals surface area contributed by atoms with Gasteiger partial charge in [0.1, 0.15) is 5.25 Å². The molecule has 0 saturated carbocycles. The van der Waals surface area contributed by atoms with Crippen LogP contribution >= 0.6 is 22.9 Å². The van der Waals surface area contributed by atoms with Crippen LogP contribution in [-0.4, -0.2) is 15.0 Å². The second-order valence-corrected chi connectivity index (χ2v) is 7.28. The third-order valence-electron chi connectivity index (χ3n) is 2.59. The Morgan fingerprint density at radius 2 is 1.89 bits per heavy atom. The van der Waals surface area contributed by atoms with Crippen LogP contribution in [0.1, 0.15) is 10.1 Å². The summed E-state index contributed by atoms with van der Waals surface area (Å²) in [7, 11) is -3.46. The molecule has 18 heavy (non-hydrogen) atoms. The molecule has 0 aliphatic heterocycles. The van der Waals surface area contributed by atoms with Gasteiger partial charge in [0, 0.05) is 16.4 Å². The predicted octanol–water partition coefficient (Wildman–Crippen LogP) is 2.88. The molecule has 0 bridgehead atoms. The minimum atomic E-state index is -3.46. The molecule has 1 heterocycles. The molecule has 1 atom stereocenters. The van der Waals surface area contributed by atoms with Crippen LogP contribution in [0, 0.1) is 0 Å². The van der Waals surface area contributed by atoms with Gasteiger partial charge >= 0.3 is 0 Å². The van der Waals surface area contributed by atoms with Crippen LogP contribution in [0.4, 0.5) is 0 Å². The van der Waals surface area contributed by atoms with Crippen molar-refractivity contribution in [1.29, 1.82) is 0 Å². The topological polar surface area (TPSA) is 60.2 Å². The van der Waals surface area contributed by atoms with Crippen LogP contribution in [-0.2, 0) is 9.84 Å². The molecule has 6 heteroatoms. The van der Waals surface area contributed by atoms with Gasteiger partial charge in [-0.1, -0.05) is 17.7 Å². The molecule has 2 rings (SSSR count). The number of halogens is 1. The summed E-state index contributed by atoms with van der Waals surface area (Å²) in [5, 5.41) is 1.66. The molecule has 0 spiro atoms. The molecule has 0 radical (unpaired) electrons. The van der Waals surface area contributed by atoms with Crippen LogP contribution in [0.25, 0.3) is 0 Å². The highest BCUT2D eigenvalue weighted by Crippen LogP contribution is 2.31. The van der Waals surface area contributed by atoms with Crippen LogP contribution in [0.5, 0.6) is 0 Å². The van der Waals surface area contributed by atoms with Crippen LogP contribution in [0.15, 0.2) is 46.7 Å². The monoisotopic (exact) mass is 301 g/mol. The van der Waals surface area contributed by atoms with Gasteiger partial charge in [0.15, 0.2) is 9.84 Å². The quantitative estimate of drug-likeness (QED) is 0.944. The van der Waals surface area contributed by atoms with E-state index in [0.717, 1.165) is 4.88 Å². The first-order valence-corrected chi connectivity index (χ1v) is 8.09. The summed E-state index contributed by atoms with van der Waals surface area (Å²) in [6, 6.07) is 9.75. The average Bonchev–Trinajstić information content (AvgIpc) is 2.84. The van der Waals surface area contributed by atoms with E-state index in [1.807, 2.05) is 11.4 Å². The summed E-state index contributed by atoms with van der Waals surface area (Å²) in [5.74, 6) is 0. The minimum absolute atomic E-state index is 0.0610. The van der Waals surface area contributed by atoms with Gasteiger partial charge in [-0.3, -0.25) is 0 Å². The zero-order valence-corrected chi connectivity index (χ0v) is 11.8. The Morgan fingerprint density at radius 3 is 2.39 bits per heavy atom. The van der Waals surface area contributed by atoms with Crippen molar-refractivity contribution < 1.29 is 8.42 Å². The fourth-order valence-electron chi connectivity index (χ4n) is 1.66. The van der Waals surface area contributed by atoms with Crippen LogP contribution in [0.3, 0.4) is 0 Å². The van der Waals surface area contributed by atoms with E-state index in [9.17, 15) is 8.42 Å². The van der Waals surface area contributed by atoms with Crippen molar-refractivity contribution >= 4 is 32.8 Å². The van der Waals surface area contributed by atoms with E-state index in [4.69, 9.17) is 17.3 Å². The van der Waals surface area contributed by atoms with Gasteiger partial charge in [0.05, 0.1) is 4.90 Å². The Kier molecular flexibility index (Phi) is 4.07. The van der Waals surface area contributed by atoms with Crippen molar-refractivity contribution in [3.05, 3.63) is 51.7 Å². The lowest BCUT2D eigenvalue weighted by atomic mass is 10.3. The summed E-state index contributed by atoms with van der Waals surface area (Å²) in [6.45, 7) is 0.0610. The molecule has 1 aromatic carbocycles. The van der Waals surface area contributed by atoms with Crippen molar-refractivity contribution in [3.63, 3.8) is 0 Å². The van der Waals surface area contributed by atoms with Crippen LogP contribution in [0.2, 0.25) is 5.02 Å². The molecular formula is C12H12ClNO2S2. The van der Waals surface area contributed by atoms with Gasteiger partial charge in [0.25, 0.3) is 0 Å². The normalized spacial score (nSPS) is 13.4. The second-order valence-electron chi connectivity index (χ2n) is 3.74. The van der Waals surface area contributed by atoms with E-state index in [2.05, 4.69) is 0 Å². The highest BCUT2D eigenvalue weighted by molar-refractivity contribution is 7.91. The average molecular weight is 302 g/mol. The first kappa shape index (κ1) is 13.5. The molecule has 0 fully saturated rings. The molecule has 96 valence electrons. The zero-order chi connectivity index (χ0) is 13.2. The standard InChI is InChI=1S/C12H12ClNO2S2/c13-9-3-5-10(6-4-9)18(15,16)12(8-14)11-2-1-7-17-11/h1-7,12H,8,14H2. The number of hydrogen-bond acceptors (Lipinski definition) is 4. The maximum Gasteiger partial charge on any atom is 0.187 e. The van der Waals surface area contributed by atoms with Crippen molar-refractivity contribution in [2.75, 3.05) is 6.54 Å². The number of thiophene rings is 1. The van der Waals surface area contributed by atoms with E-state index in [0.29, 0.717) is 5.02 Å². The fourth-order valence-corrected chi connectivity index (χ4v) is 4.53. The van der Waals surface area contributed by atoms with Crippen molar-refractivity contribution in [2.45, 2.75) is 10.1 Å². The van der Waals surface area contributed by atoms with Crippen molar-refractivity contribution in [2.24, 2.45) is 5.73 Å².